The number of nitrogens with one attached hydrogen (secondary N) is 2. The van der Waals surface area contributed by atoms with Gasteiger partial charge in [-0.25, -0.2) is 4.79 Å². The van der Waals surface area contributed by atoms with Gasteiger partial charge in [0.15, 0.2) is 6.04 Å². The van der Waals surface area contributed by atoms with Crippen LogP contribution in [0.3, 0.4) is 0 Å². The highest BCUT2D eigenvalue weighted by atomic mass is 16.4. The van der Waals surface area contributed by atoms with Crippen molar-refractivity contribution in [3.63, 3.8) is 0 Å². The number of hydrogen-bond donors (Lipinski definition) is 6. The zero-order chi connectivity index (χ0) is 37.0. The summed E-state index contributed by atoms with van der Waals surface area (Å²) < 4.78 is 0. The molecule has 0 aromatic heterocycles. The van der Waals surface area contributed by atoms with Crippen molar-refractivity contribution in [2.75, 3.05) is 6.61 Å². The van der Waals surface area contributed by atoms with Crippen LogP contribution in [-0.4, -0.2) is 69.1 Å². The molecule has 2 amide bonds. The van der Waals surface area contributed by atoms with Gasteiger partial charge in [-0.05, 0) is 12.8 Å². The first kappa shape index (κ1) is 49.4. The fraction of sp³-hybridized carbons (Fsp3) is 0.925. The minimum absolute atomic E-state index is 0.209. The largest absolute Gasteiger partial charge is 0.480 e. The van der Waals surface area contributed by atoms with Crippen molar-refractivity contribution in [2.24, 2.45) is 0 Å². The molecule has 0 radical (unpaired) electrons. The second kappa shape index (κ2) is 37.5. The fourth-order valence-electron chi connectivity index (χ4n) is 6.18. The lowest BCUT2D eigenvalue weighted by molar-refractivity contribution is -0.145. The summed E-state index contributed by atoms with van der Waals surface area (Å²) >= 11 is 0. The average molecular weight is 701 g/mol. The molecule has 0 rings (SSSR count). The van der Waals surface area contributed by atoms with Gasteiger partial charge >= 0.3 is 5.97 Å². The predicted octanol–water partition coefficient (Wildman–Crippen LogP) is 8.74. The van der Waals surface area contributed by atoms with Crippen LogP contribution in [0.4, 0.5) is 0 Å². The van der Waals surface area contributed by atoms with E-state index < -0.39 is 36.2 Å². The zero-order valence-corrected chi connectivity index (χ0v) is 32.3. The fourth-order valence-corrected chi connectivity index (χ4v) is 6.18. The number of aliphatic hydroxyl groups is 3. The minimum Gasteiger partial charge on any atom is -0.480 e. The Morgan fingerprint density at radius 3 is 1.02 bits per heavy atom. The number of carbonyl (C=O) groups excluding carboxylic acids is 2. The van der Waals surface area contributed by atoms with Crippen LogP contribution in [0.15, 0.2) is 0 Å². The van der Waals surface area contributed by atoms with Gasteiger partial charge < -0.3 is 31.1 Å². The topological polar surface area (TPSA) is 156 Å². The maximum atomic E-state index is 11.0. The molecule has 0 aromatic carbocycles. The van der Waals surface area contributed by atoms with Crippen molar-refractivity contribution >= 4 is 17.8 Å². The molecule has 6 N–H and O–H groups in total. The Balaban J connectivity index is 0. The van der Waals surface area contributed by atoms with Crippen LogP contribution in [0, 0.1) is 0 Å². The van der Waals surface area contributed by atoms with E-state index in [-0.39, 0.29) is 12.5 Å². The molecule has 4 atom stereocenters. The molecule has 0 spiro atoms. The van der Waals surface area contributed by atoms with Gasteiger partial charge in [0.1, 0.15) is 0 Å². The van der Waals surface area contributed by atoms with E-state index in [2.05, 4.69) is 24.5 Å². The van der Waals surface area contributed by atoms with Crippen LogP contribution in [-0.2, 0) is 14.4 Å². The number of carboxylic acids is 1. The second-order valence-corrected chi connectivity index (χ2v) is 14.2. The van der Waals surface area contributed by atoms with Crippen molar-refractivity contribution in [1.82, 2.24) is 10.6 Å². The molecule has 0 heterocycles. The van der Waals surface area contributed by atoms with E-state index in [9.17, 15) is 29.7 Å². The Bertz CT molecular complexity index is 752. The summed E-state index contributed by atoms with van der Waals surface area (Å²) in [4.78, 5) is 33.0. The summed E-state index contributed by atoms with van der Waals surface area (Å²) in [5, 5.41) is 42.9. The molecule has 0 aromatic rings. The number of hydrogen-bond acceptors (Lipinski definition) is 6. The van der Waals surface area contributed by atoms with Crippen molar-refractivity contribution in [2.45, 2.75) is 232 Å². The highest BCUT2D eigenvalue weighted by Crippen LogP contribution is 2.15. The molecule has 9 heteroatoms. The molecule has 0 saturated heterocycles. The van der Waals surface area contributed by atoms with Gasteiger partial charge in [-0.3, -0.25) is 9.59 Å². The zero-order valence-electron chi connectivity index (χ0n) is 32.3. The van der Waals surface area contributed by atoms with Gasteiger partial charge in [0.05, 0.1) is 24.9 Å². The first-order chi connectivity index (χ1) is 23.6. The minimum atomic E-state index is -1.20. The first-order valence-electron chi connectivity index (χ1n) is 20.3. The molecule has 0 bridgehead atoms. The van der Waals surface area contributed by atoms with Gasteiger partial charge in [0.25, 0.3) is 0 Å². The lowest BCUT2D eigenvalue weighted by Gasteiger charge is -2.21. The molecule has 0 fully saturated rings. The molecule has 0 aliphatic carbocycles. The summed E-state index contributed by atoms with van der Waals surface area (Å²) in [5.74, 6) is -1.83. The van der Waals surface area contributed by atoms with E-state index in [0.717, 1.165) is 32.1 Å². The second-order valence-electron chi connectivity index (χ2n) is 14.2. The molecule has 0 aliphatic rings. The van der Waals surface area contributed by atoms with Crippen LogP contribution in [0.1, 0.15) is 207 Å². The molecule has 0 unspecified atom stereocenters. The summed E-state index contributed by atoms with van der Waals surface area (Å²) in [7, 11) is 0. The van der Waals surface area contributed by atoms with Crippen LogP contribution < -0.4 is 10.6 Å². The Labute approximate surface area is 301 Å². The molecule has 0 saturated carbocycles. The number of aliphatic hydroxyl groups excluding tert-OH is 3. The Hall–Kier alpha value is -1.71. The van der Waals surface area contributed by atoms with Crippen molar-refractivity contribution in [1.29, 1.82) is 0 Å². The Morgan fingerprint density at radius 2 is 0.755 bits per heavy atom. The van der Waals surface area contributed by atoms with E-state index in [4.69, 9.17) is 5.11 Å². The lowest BCUT2D eigenvalue weighted by atomic mass is 10.0. The average Bonchev–Trinajstić information content (AvgIpc) is 3.06. The van der Waals surface area contributed by atoms with Crippen molar-refractivity contribution < 1.29 is 34.8 Å². The van der Waals surface area contributed by atoms with Crippen LogP contribution >= 0.6 is 0 Å². The molecule has 49 heavy (non-hydrogen) atoms. The normalized spacial score (nSPS) is 13.5. The standard InChI is InChI=1S/C20H39NO4.C20H41NO3/c1-3-4-5-6-7-8-9-10-11-12-13-14-15-16-18(23)19(20(24)25)21-17(2)22;1-3-4-5-6-7-8-9-10-11-12-13-14-15-16-20(24)19(17-22)21-18(2)23/h18-19,23H,3-16H2,1-2H3,(H,21,22)(H,24,25);19-20,22,24H,3-17H2,1-2H3,(H,21,23)/t18-,19-;19-,20+/m10/s1. The molecular weight excluding hydrogens is 620 g/mol. The lowest BCUT2D eigenvalue weighted by Crippen LogP contribution is -2.48. The molecular formula is C40H80N2O7. The quantitative estimate of drug-likeness (QED) is 0.0367. The number of unbranched alkanes of at least 4 members (excludes halogenated alkanes) is 24. The first-order valence-corrected chi connectivity index (χ1v) is 20.3. The third-order valence-electron chi connectivity index (χ3n) is 9.27. The number of aliphatic carboxylic acids is 1. The van der Waals surface area contributed by atoms with Crippen molar-refractivity contribution in [3.05, 3.63) is 0 Å². The van der Waals surface area contributed by atoms with Gasteiger partial charge in [0, 0.05) is 13.8 Å². The number of carbonyl (C=O) groups is 3. The summed E-state index contributed by atoms with van der Waals surface area (Å²) in [6, 6.07) is -1.73. The summed E-state index contributed by atoms with van der Waals surface area (Å²) in [5.41, 5.74) is 0. The van der Waals surface area contributed by atoms with Gasteiger partial charge in [-0.1, -0.05) is 181 Å². The third kappa shape index (κ3) is 35.9. The Morgan fingerprint density at radius 1 is 0.469 bits per heavy atom. The maximum Gasteiger partial charge on any atom is 0.328 e. The summed E-state index contributed by atoms with van der Waals surface area (Å²) in [6.07, 6.45) is 32.5. The molecule has 9 nitrogen and oxygen atoms in total. The van der Waals surface area contributed by atoms with Crippen LogP contribution in [0.25, 0.3) is 0 Å². The highest BCUT2D eigenvalue weighted by Gasteiger charge is 2.26. The molecule has 0 aliphatic heterocycles. The van der Waals surface area contributed by atoms with Gasteiger partial charge in [0.2, 0.25) is 11.8 Å². The van der Waals surface area contributed by atoms with Crippen molar-refractivity contribution in [3.8, 4) is 0 Å². The van der Waals surface area contributed by atoms with Gasteiger partial charge in [-0.2, -0.15) is 0 Å². The molecule has 292 valence electrons. The van der Waals surface area contributed by atoms with Gasteiger partial charge in [-0.15, -0.1) is 0 Å². The van der Waals surface area contributed by atoms with E-state index in [1.807, 2.05) is 0 Å². The number of rotatable bonds is 34. The Kier molecular flexibility index (Phi) is 37.9. The number of carboxylic acid groups (broad SMARTS) is 1. The van der Waals surface area contributed by atoms with E-state index in [1.165, 1.54) is 149 Å². The van der Waals surface area contributed by atoms with E-state index >= 15 is 0 Å². The maximum absolute atomic E-state index is 11.0. The number of amides is 2. The smallest absolute Gasteiger partial charge is 0.328 e. The van der Waals surface area contributed by atoms with E-state index in [0.29, 0.717) is 12.8 Å². The monoisotopic (exact) mass is 701 g/mol. The highest BCUT2D eigenvalue weighted by molar-refractivity contribution is 5.82. The predicted molar refractivity (Wildman–Crippen MR) is 203 cm³/mol. The van der Waals surface area contributed by atoms with E-state index in [1.54, 1.807) is 0 Å². The SMILES string of the molecule is CCCCCCCCCCCCCCC[C@@H](O)[C@@H](NC(C)=O)C(=O)O.CCCCCCCCCCCCCCC[C@@H](O)[C@H](CO)NC(C)=O. The van der Waals surface area contributed by atoms with Crippen LogP contribution in [0.2, 0.25) is 0 Å². The third-order valence-corrected chi connectivity index (χ3v) is 9.27. The summed E-state index contributed by atoms with van der Waals surface area (Å²) in [6.45, 7) is 6.95. The van der Waals surface area contributed by atoms with Crippen LogP contribution in [0.5, 0.6) is 0 Å².